The van der Waals surface area contributed by atoms with E-state index in [1.54, 1.807) is 0 Å². The molecule has 1 aliphatic heterocycles. The molecule has 1 fully saturated rings. The first kappa shape index (κ1) is 18.8. The molecule has 1 aliphatic rings. The van der Waals surface area contributed by atoms with Crippen LogP contribution in [0, 0.1) is 0 Å². The zero-order valence-corrected chi connectivity index (χ0v) is 16.2. The highest BCUT2D eigenvalue weighted by Crippen LogP contribution is 2.36. The van der Waals surface area contributed by atoms with Gasteiger partial charge in [-0.15, -0.1) is 0 Å². The quantitative estimate of drug-likeness (QED) is 0.736. The summed E-state index contributed by atoms with van der Waals surface area (Å²) in [4.78, 5) is 0. The van der Waals surface area contributed by atoms with Crippen LogP contribution in [0.4, 0.5) is 0 Å². The Bertz CT molecular complexity index is 741. The first-order chi connectivity index (χ1) is 12.3. The van der Waals surface area contributed by atoms with Gasteiger partial charge in [0.15, 0.2) is 0 Å². The van der Waals surface area contributed by atoms with Crippen molar-refractivity contribution >= 4 is 12.6 Å². The van der Waals surface area contributed by atoms with E-state index in [1.807, 2.05) is 49.4 Å². The molecule has 138 valence electrons. The minimum absolute atomic E-state index is 0.343. The molecule has 0 saturated carbocycles. The zero-order chi connectivity index (χ0) is 18.8. The molecule has 0 amide bonds. The normalized spacial score (nSPS) is 18.0. The Labute approximate surface area is 156 Å². The van der Waals surface area contributed by atoms with E-state index in [-0.39, 0.29) is 18.3 Å². The molecule has 26 heavy (non-hydrogen) atoms. The van der Waals surface area contributed by atoms with E-state index < -0.39 is 0 Å². The van der Waals surface area contributed by atoms with Gasteiger partial charge in [0.1, 0.15) is 18.1 Å². The third-order valence-electron chi connectivity index (χ3n) is 5.00. The molecule has 0 N–H and O–H groups in total. The van der Waals surface area contributed by atoms with Gasteiger partial charge in [0.05, 0.1) is 17.8 Å². The highest BCUT2D eigenvalue weighted by Gasteiger charge is 2.51. The van der Waals surface area contributed by atoms with Crippen LogP contribution >= 0.6 is 0 Å². The average Bonchev–Trinajstić information content (AvgIpc) is 2.82. The fourth-order valence-electron chi connectivity index (χ4n) is 2.80. The van der Waals surface area contributed by atoms with E-state index in [4.69, 9.17) is 18.8 Å². The van der Waals surface area contributed by atoms with Gasteiger partial charge < -0.3 is 18.8 Å². The van der Waals surface area contributed by atoms with Crippen molar-refractivity contribution in [2.24, 2.45) is 0 Å². The van der Waals surface area contributed by atoms with E-state index >= 15 is 0 Å². The molecular formula is C21H27BO4. The lowest BCUT2D eigenvalue weighted by molar-refractivity contribution is 0.00578. The Kier molecular flexibility index (Phi) is 5.30. The monoisotopic (exact) mass is 354 g/mol. The van der Waals surface area contributed by atoms with Gasteiger partial charge in [-0.1, -0.05) is 30.3 Å². The maximum absolute atomic E-state index is 6.13. The second kappa shape index (κ2) is 7.33. The second-order valence-corrected chi connectivity index (χ2v) is 7.53. The highest BCUT2D eigenvalue weighted by atomic mass is 16.7. The van der Waals surface area contributed by atoms with Gasteiger partial charge in [0.2, 0.25) is 0 Å². The summed E-state index contributed by atoms with van der Waals surface area (Å²) in [7, 11) is -0.360. The summed E-state index contributed by atoms with van der Waals surface area (Å²) in [5.41, 5.74) is 1.39. The van der Waals surface area contributed by atoms with Crippen LogP contribution in [-0.2, 0) is 15.9 Å². The van der Waals surface area contributed by atoms with Crippen LogP contribution in [0.1, 0.15) is 40.2 Å². The number of ether oxygens (including phenoxy) is 2. The number of benzene rings is 2. The molecule has 0 bridgehead atoms. The van der Waals surface area contributed by atoms with Gasteiger partial charge in [0.25, 0.3) is 0 Å². The van der Waals surface area contributed by atoms with Gasteiger partial charge in [-0.25, -0.2) is 0 Å². The Balaban J connectivity index is 1.68. The lowest BCUT2D eigenvalue weighted by Crippen LogP contribution is -2.41. The van der Waals surface area contributed by atoms with Crippen LogP contribution in [0.5, 0.6) is 11.5 Å². The minimum atomic E-state index is -0.360. The fraction of sp³-hybridized carbons (Fsp3) is 0.429. The lowest BCUT2D eigenvalue weighted by atomic mass is 9.78. The summed E-state index contributed by atoms with van der Waals surface area (Å²) >= 11 is 0. The summed E-state index contributed by atoms with van der Waals surface area (Å²) in [6, 6.07) is 15.9. The third-order valence-corrected chi connectivity index (χ3v) is 5.00. The minimum Gasteiger partial charge on any atom is -0.494 e. The van der Waals surface area contributed by atoms with Gasteiger partial charge in [-0.05, 0) is 57.8 Å². The van der Waals surface area contributed by atoms with E-state index in [9.17, 15) is 0 Å². The summed E-state index contributed by atoms with van der Waals surface area (Å²) in [5.74, 6) is 1.60. The molecule has 0 aliphatic carbocycles. The molecule has 0 spiro atoms. The predicted octanol–water partition coefficient (Wildman–Crippen LogP) is 3.96. The van der Waals surface area contributed by atoms with Crippen molar-refractivity contribution in [1.29, 1.82) is 0 Å². The van der Waals surface area contributed by atoms with Gasteiger partial charge in [-0.3, -0.25) is 0 Å². The lowest BCUT2D eigenvalue weighted by Gasteiger charge is -2.32. The SMILES string of the molecule is CCOc1cccc(OCc2cccc(B3OC(C)(C)C(C)(C)O3)c2)c1. The number of rotatable bonds is 6. The smallest absolute Gasteiger partial charge is 0.494 e. The zero-order valence-electron chi connectivity index (χ0n) is 16.2. The van der Waals surface area contributed by atoms with Crippen molar-refractivity contribution in [2.75, 3.05) is 6.61 Å². The van der Waals surface area contributed by atoms with Gasteiger partial charge in [-0.2, -0.15) is 0 Å². The molecule has 0 atom stereocenters. The maximum atomic E-state index is 6.13. The fourth-order valence-corrected chi connectivity index (χ4v) is 2.80. The molecule has 0 aromatic heterocycles. The summed E-state index contributed by atoms with van der Waals surface area (Å²) in [6.07, 6.45) is 0. The van der Waals surface area contributed by atoms with E-state index in [1.165, 1.54) is 0 Å². The van der Waals surface area contributed by atoms with Crippen LogP contribution < -0.4 is 14.9 Å². The Hall–Kier alpha value is -1.98. The Morgan fingerprint density at radius 3 is 2.12 bits per heavy atom. The topological polar surface area (TPSA) is 36.9 Å². The van der Waals surface area contributed by atoms with Crippen molar-refractivity contribution in [3.05, 3.63) is 54.1 Å². The van der Waals surface area contributed by atoms with Crippen LogP contribution in [0.3, 0.4) is 0 Å². The standard InChI is InChI=1S/C21H27BO4/c1-6-23-18-11-8-12-19(14-18)24-15-16-9-7-10-17(13-16)22-25-20(2,3)21(4,5)26-22/h7-14H,6,15H2,1-5H3. The van der Waals surface area contributed by atoms with Crippen molar-refractivity contribution in [2.45, 2.75) is 52.4 Å². The molecular weight excluding hydrogens is 327 g/mol. The highest BCUT2D eigenvalue weighted by molar-refractivity contribution is 6.62. The first-order valence-corrected chi connectivity index (χ1v) is 9.11. The van der Waals surface area contributed by atoms with Gasteiger partial charge >= 0.3 is 7.12 Å². The number of hydrogen-bond donors (Lipinski definition) is 0. The Morgan fingerprint density at radius 2 is 1.46 bits per heavy atom. The molecule has 0 radical (unpaired) electrons. The van der Waals surface area contributed by atoms with Crippen LogP contribution in [0.2, 0.25) is 0 Å². The van der Waals surface area contributed by atoms with Crippen LogP contribution in [0.15, 0.2) is 48.5 Å². The number of hydrogen-bond acceptors (Lipinski definition) is 4. The predicted molar refractivity (Wildman–Crippen MR) is 104 cm³/mol. The maximum Gasteiger partial charge on any atom is 0.494 e. The summed E-state index contributed by atoms with van der Waals surface area (Å²) in [5, 5.41) is 0. The van der Waals surface area contributed by atoms with Crippen LogP contribution in [0.25, 0.3) is 0 Å². The summed E-state index contributed by atoms with van der Waals surface area (Å²) < 4.78 is 23.7. The van der Waals surface area contributed by atoms with Crippen molar-refractivity contribution < 1.29 is 18.8 Å². The Morgan fingerprint density at radius 1 is 0.846 bits per heavy atom. The van der Waals surface area contributed by atoms with Crippen molar-refractivity contribution in [3.63, 3.8) is 0 Å². The molecule has 1 heterocycles. The molecule has 2 aromatic rings. The first-order valence-electron chi connectivity index (χ1n) is 9.11. The second-order valence-electron chi connectivity index (χ2n) is 7.53. The van der Waals surface area contributed by atoms with E-state index in [2.05, 4.69) is 33.8 Å². The average molecular weight is 354 g/mol. The molecule has 0 unspecified atom stereocenters. The van der Waals surface area contributed by atoms with Crippen molar-refractivity contribution in [1.82, 2.24) is 0 Å². The molecule has 1 saturated heterocycles. The molecule has 3 rings (SSSR count). The van der Waals surface area contributed by atoms with Gasteiger partial charge in [0, 0.05) is 6.07 Å². The van der Waals surface area contributed by atoms with Crippen LogP contribution in [-0.4, -0.2) is 24.9 Å². The molecule has 2 aromatic carbocycles. The third kappa shape index (κ3) is 4.05. The van der Waals surface area contributed by atoms with E-state index in [0.29, 0.717) is 13.2 Å². The molecule has 4 nitrogen and oxygen atoms in total. The van der Waals surface area contributed by atoms with Crippen molar-refractivity contribution in [3.8, 4) is 11.5 Å². The largest absolute Gasteiger partial charge is 0.494 e. The summed E-state index contributed by atoms with van der Waals surface area (Å²) in [6.45, 7) is 11.3. The van der Waals surface area contributed by atoms with E-state index in [0.717, 1.165) is 22.5 Å². The molecule has 5 heteroatoms.